The molecule has 1 atom stereocenters. The average Bonchev–Trinajstić information content (AvgIpc) is 2.29. The number of rotatable bonds is 2. The summed E-state index contributed by atoms with van der Waals surface area (Å²) in [5.74, 6) is -1.18. The van der Waals surface area contributed by atoms with Gasteiger partial charge in [0.1, 0.15) is 5.56 Å². The van der Waals surface area contributed by atoms with Crippen LogP contribution in [0, 0.1) is 6.92 Å². The van der Waals surface area contributed by atoms with Crippen molar-refractivity contribution in [3.8, 4) is 0 Å². The summed E-state index contributed by atoms with van der Waals surface area (Å²) >= 11 is 0. The van der Waals surface area contributed by atoms with Crippen molar-refractivity contribution in [1.29, 1.82) is 0 Å². The van der Waals surface area contributed by atoms with E-state index in [4.69, 9.17) is 9.84 Å². The minimum absolute atomic E-state index is 0.127. The molecular formula is C12H15NO4. The maximum absolute atomic E-state index is 11.5. The molecule has 0 aromatic carbocycles. The molecule has 1 saturated heterocycles. The van der Waals surface area contributed by atoms with Crippen LogP contribution in [0.25, 0.3) is 0 Å². The summed E-state index contributed by atoms with van der Waals surface area (Å²) in [6.45, 7) is 3.13. The highest BCUT2D eigenvalue weighted by Gasteiger charge is 2.19. The number of carbonyl (C=O) groups is 1. The Labute approximate surface area is 98.6 Å². The second-order valence-electron chi connectivity index (χ2n) is 4.28. The summed E-state index contributed by atoms with van der Waals surface area (Å²) in [6.07, 6.45) is 3.33. The van der Waals surface area contributed by atoms with E-state index >= 15 is 0 Å². The minimum Gasteiger partial charge on any atom is -0.477 e. The van der Waals surface area contributed by atoms with Gasteiger partial charge in [-0.2, -0.15) is 0 Å². The Morgan fingerprint density at radius 1 is 1.59 bits per heavy atom. The molecule has 1 aliphatic rings. The van der Waals surface area contributed by atoms with Gasteiger partial charge in [-0.1, -0.05) is 0 Å². The molecule has 0 aliphatic carbocycles. The summed E-state index contributed by atoms with van der Waals surface area (Å²) in [5.41, 5.74) is 0.152. The Kier molecular flexibility index (Phi) is 3.28. The van der Waals surface area contributed by atoms with Crippen molar-refractivity contribution in [2.45, 2.75) is 25.8 Å². The molecule has 1 fully saturated rings. The molecule has 0 bridgehead atoms. The van der Waals surface area contributed by atoms with E-state index in [2.05, 4.69) is 0 Å². The van der Waals surface area contributed by atoms with Crippen LogP contribution in [0.3, 0.4) is 0 Å². The number of pyridine rings is 1. The fraction of sp³-hybridized carbons (Fsp3) is 0.500. The van der Waals surface area contributed by atoms with Crippen LogP contribution >= 0.6 is 0 Å². The van der Waals surface area contributed by atoms with Gasteiger partial charge in [-0.25, -0.2) is 4.79 Å². The van der Waals surface area contributed by atoms with Crippen molar-refractivity contribution in [2.75, 3.05) is 13.2 Å². The first-order chi connectivity index (χ1) is 8.09. The maximum Gasteiger partial charge on any atom is 0.341 e. The first-order valence-corrected chi connectivity index (χ1v) is 5.63. The quantitative estimate of drug-likeness (QED) is 0.839. The zero-order valence-corrected chi connectivity index (χ0v) is 9.68. The van der Waals surface area contributed by atoms with E-state index in [9.17, 15) is 9.59 Å². The molecule has 0 saturated carbocycles. The number of hydrogen-bond acceptors (Lipinski definition) is 3. The van der Waals surface area contributed by atoms with E-state index in [1.54, 1.807) is 0 Å². The van der Waals surface area contributed by atoms with Crippen molar-refractivity contribution < 1.29 is 14.6 Å². The van der Waals surface area contributed by atoms with Crippen LogP contribution in [0.4, 0.5) is 0 Å². The van der Waals surface area contributed by atoms with Gasteiger partial charge in [0.25, 0.3) is 0 Å². The smallest absolute Gasteiger partial charge is 0.341 e. The fourth-order valence-corrected chi connectivity index (χ4v) is 2.14. The Balaban J connectivity index is 2.42. The van der Waals surface area contributed by atoms with Crippen molar-refractivity contribution in [3.05, 3.63) is 33.7 Å². The molecule has 17 heavy (non-hydrogen) atoms. The van der Waals surface area contributed by atoms with Crippen LogP contribution in [0.15, 0.2) is 17.1 Å². The molecular weight excluding hydrogens is 222 g/mol. The van der Waals surface area contributed by atoms with Crippen molar-refractivity contribution in [2.24, 2.45) is 0 Å². The number of aromatic carboxylic acids is 1. The van der Waals surface area contributed by atoms with Gasteiger partial charge in [-0.3, -0.25) is 4.79 Å². The monoisotopic (exact) mass is 237 g/mol. The largest absolute Gasteiger partial charge is 0.477 e. The molecule has 2 rings (SSSR count). The number of carboxylic acid groups (broad SMARTS) is 1. The number of ether oxygens (including phenoxy) is 1. The standard InChI is InChI=1S/C12H15NO4/c1-8-5-11(14)10(12(15)16)6-13(8)9-3-2-4-17-7-9/h5-6,9H,2-4,7H2,1H3,(H,15,16). The van der Waals surface area contributed by atoms with E-state index in [1.165, 1.54) is 12.3 Å². The molecule has 5 nitrogen and oxygen atoms in total. The lowest BCUT2D eigenvalue weighted by Gasteiger charge is -2.26. The third-order valence-corrected chi connectivity index (χ3v) is 3.04. The Hall–Kier alpha value is -1.62. The van der Waals surface area contributed by atoms with E-state index in [0.29, 0.717) is 6.61 Å². The molecule has 1 aromatic rings. The van der Waals surface area contributed by atoms with Gasteiger partial charge in [0.05, 0.1) is 12.6 Å². The fourth-order valence-electron chi connectivity index (χ4n) is 2.14. The second-order valence-corrected chi connectivity index (χ2v) is 4.28. The SMILES string of the molecule is Cc1cc(=O)c(C(=O)O)cn1C1CCCOC1. The van der Waals surface area contributed by atoms with E-state index < -0.39 is 11.4 Å². The van der Waals surface area contributed by atoms with Gasteiger partial charge in [-0.05, 0) is 19.8 Å². The highest BCUT2D eigenvalue weighted by atomic mass is 16.5. The molecule has 0 amide bonds. The summed E-state index contributed by atoms with van der Waals surface area (Å²) in [5, 5.41) is 8.93. The lowest BCUT2D eigenvalue weighted by atomic mass is 10.1. The molecule has 1 aliphatic heterocycles. The van der Waals surface area contributed by atoms with Gasteiger partial charge in [0, 0.05) is 24.6 Å². The highest BCUT2D eigenvalue weighted by Crippen LogP contribution is 2.20. The third kappa shape index (κ3) is 2.39. The summed E-state index contributed by atoms with van der Waals surface area (Å²) in [4.78, 5) is 22.4. The number of aromatic nitrogens is 1. The summed E-state index contributed by atoms with van der Waals surface area (Å²) in [7, 11) is 0. The molecule has 1 unspecified atom stereocenters. The topological polar surface area (TPSA) is 68.5 Å². The number of aryl methyl sites for hydroxylation is 1. The average molecular weight is 237 g/mol. The van der Waals surface area contributed by atoms with Crippen LogP contribution in [-0.4, -0.2) is 28.9 Å². The summed E-state index contributed by atoms with van der Waals surface area (Å²) < 4.78 is 7.21. The van der Waals surface area contributed by atoms with Crippen molar-refractivity contribution in [3.63, 3.8) is 0 Å². The highest BCUT2D eigenvalue weighted by molar-refractivity contribution is 5.87. The van der Waals surface area contributed by atoms with Gasteiger partial charge < -0.3 is 14.4 Å². The van der Waals surface area contributed by atoms with Crippen LogP contribution in [0.5, 0.6) is 0 Å². The zero-order chi connectivity index (χ0) is 12.4. The zero-order valence-electron chi connectivity index (χ0n) is 9.68. The molecule has 5 heteroatoms. The predicted octanol–water partition coefficient (Wildman–Crippen LogP) is 1.21. The van der Waals surface area contributed by atoms with Crippen LogP contribution in [-0.2, 0) is 4.74 Å². The summed E-state index contributed by atoms with van der Waals surface area (Å²) in [6, 6.07) is 1.50. The van der Waals surface area contributed by atoms with Crippen LogP contribution in [0.2, 0.25) is 0 Å². The Morgan fingerprint density at radius 2 is 2.35 bits per heavy atom. The van der Waals surface area contributed by atoms with Crippen molar-refractivity contribution >= 4 is 5.97 Å². The molecule has 2 heterocycles. The van der Waals surface area contributed by atoms with Gasteiger partial charge in [0.15, 0.2) is 5.43 Å². The number of hydrogen-bond donors (Lipinski definition) is 1. The van der Waals surface area contributed by atoms with E-state index in [0.717, 1.165) is 25.1 Å². The van der Waals surface area contributed by atoms with Crippen molar-refractivity contribution in [1.82, 2.24) is 4.57 Å². The Bertz CT molecular complexity index is 486. The molecule has 92 valence electrons. The maximum atomic E-state index is 11.5. The molecule has 0 radical (unpaired) electrons. The Morgan fingerprint density at radius 3 is 2.94 bits per heavy atom. The molecule has 1 N–H and O–H groups in total. The van der Waals surface area contributed by atoms with Gasteiger partial charge in [-0.15, -0.1) is 0 Å². The lowest BCUT2D eigenvalue weighted by molar-refractivity contribution is 0.0576. The van der Waals surface area contributed by atoms with Gasteiger partial charge >= 0.3 is 5.97 Å². The first kappa shape index (κ1) is 11.9. The third-order valence-electron chi connectivity index (χ3n) is 3.04. The van der Waals surface area contributed by atoms with Crippen LogP contribution < -0.4 is 5.43 Å². The molecule has 0 spiro atoms. The lowest BCUT2D eigenvalue weighted by Crippen LogP contribution is -2.26. The number of nitrogens with zero attached hydrogens (tertiary/aromatic N) is 1. The predicted molar refractivity (Wildman–Crippen MR) is 61.5 cm³/mol. The number of carboxylic acids is 1. The second kappa shape index (κ2) is 4.71. The first-order valence-electron chi connectivity index (χ1n) is 5.63. The normalized spacial score (nSPS) is 20.2. The molecule has 1 aromatic heterocycles. The van der Waals surface area contributed by atoms with E-state index in [1.807, 2.05) is 11.5 Å². The van der Waals surface area contributed by atoms with Gasteiger partial charge in [0.2, 0.25) is 0 Å². The van der Waals surface area contributed by atoms with E-state index in [-0.39, 0.29) is 11.6 Å². The van der Waals surface area contributed by atoms with Crippen LogP contribution in [0.1, 0.15) is 34.9 Å². The minimum atomic E-state index is -1.18.